The largest absolute Gasteiger partial charge is 0.342 e. The van der Waals surface area contributed by atoms with Crippen LogP contribution in [0.3, 0.4) is 0 Å². The summed E-state index contributed by atoms with van der Waals surface area (Å²) in [6, 6.07) is 6.77. The average molecular weight is 404 g/mol. The van der Waals surface area contributed by atoms with Crippen molar-refractivity contribution in [3.05, 3.63) is 84.4 Å². The van der Waals surface area contributed by atoms with Gasteiger partial charge in [-0.05, 0) is 60.7 Å². The predicted molar refractivity (Wildman–Crippen MR) is 119 cm³/mol. The van der Waals surface area contributed by atoms with Crippen molar-refractivity contribution in [3.63, 3.8) is 0 Å². The molecule has 1 unspecified atom stereocenters. The minimum Gasteiger partial charge on any atom is -0.342 e. The maximum Gasteiger partial charge on any atom is 0.206 e. The van der Waals surface area contributed by atoms with Crippen LogP contribution in [0, 0.1) is 18.7 Å². The van der Waals surface area contributed by atoms with Crippen molar-refractivity contribution in [2.45, 2.75) is 19.8 Å². The highest BCUT2D eigenvalue weighted by molar-refractivity contribution is 5.91. The van der Waals surface area contributed by atoms with Gasteiger partial charge in [-0.3, -0.25) is 0 Å². The van der Waals surface area contributed by atoms with E-state index < -0.39 is 0 Å². The van der Waals surface area contributed by atoms with Crippen LogP contribution in [0.15, 0.2) is 66.7 Å². The Kier molecular flexibility index (Phi) is 5.48. The highest BCUT2D eigenvalue weighted by atomic mass is 19.1. The van der Waals surface area contributed by atoms with Crippen molar-refractivity contribution < 1.29 is 4.39 Å². The van der Waals surface area contributed by atoms with Crippen LogP contribution in [0.2, 0.25) is 0 Å². The third kappa shape index (κ3) is 3.90. The number of allylic oxidation sites excluding steroid dienone is 1. The molecule has 6 heteroatoms. The molecular formula is C24H26FN5. The van der Waals surface area contributed by atoms with E-state index in [9.17, 15) is 4.39 Å². The fraction of sp³-hybridized carbons (Fsp3) is 0.292. The van der Waals surface area contributed by atoms with Gasteiger partial charge in [-0.15, -0.1) is 0 Å². The Hall–Kier alpha value is -3.28. The number of benzene rings is 1. The molecular weight excluding hydrogens is 377 g/mol. The van der Waals surface area contributed by atoms with Crippen LogP contribution in [-0.2, 0) is 0 Å². The Morgan fingerprint density at radius 1 is 1.27 bits per heavy atom. The van der Waals surface area contributed by atoms with Crippen molar-refractivity contribution in [2.75, 3.05) is 20.1 Å². The molecule has 0 saturated carbocycles. The third-order valence-electron chi connectivity index (χ3n) is 5.83. The molecule has 0 aliphatic carbocycles. The zero-order chi connectivity index (χ0) is 21.3. The normalized spacial score (nSPS) is 19.4. The van der Waals surface area contributed by atoms with Gasteiger partial charge >= 0.3 is 0 Å². The number of likely N-dealkylation sites (N-methyl/N-ethyl adjacent to an activating group) is 1. The Morgan fingerprint density at radius 2 is 2.10 bits per heavy atom. The number of halogens is 1. The van der Waals surface area contributed by atoms with Gasteiger partial charge in [0.15, 0.2) is 0 Å². The molecule has 1 atom stereocenters. The zero-order valence-corrected chi connectivity index (χ0v) is 17.5. The Labute approximate surface area is 177 Å². The number of aromatic nitrogens is 2. The second-order valence-corrected chi connectivity index (χ2v) is 7.86. The van der Waals surface area contributed by atoms with E-state index in [4.69, 9.17) is 4.99 Å². The van der Waals surface area contributed by atoms with Crippen LogP contribution < -0.4 is 0 Å². The molecule has 0 amide bonds. The van der Waals surface area contributed by atoms with Crippen molar-refractivity contribution in [1.82, 2.24) is 19.8 Å². The maximum atomic E-state index is 13.5. The number of nitrogens with zero attached hydrogens (tertiary/aromatic N) is 5. The fourth-order valence-electron chi connectivity index (χ4n) is 4.10. The summed E-state index contributed by atoms with van der Waals surface area (Å²) >= 11 is 0. The molecule has 0 radical (unpaired) electrons. The Morgan fingerprint density at radius 3 is 2.83 bits per heavy atom. The number of guanidine groups is 1. The smallest absolute Gasteiger partial charge is 0.206 e. The Balaban J connectivity index is 1.59. The molecule has 1 aromatic carbocycles. The van der Waals surface area contributed by atoms with Crippen LogP contribution in [0.4, 0.5) is 4.39 Å². The van der Waals surface area contributed by atoms with Crippen LogP contribution in [0.1, 0.15) is 29.7 Å². The Bertz CT molecular complexity index is 1040. The lowest BCUT2D eigenvalue weighted by Crippen LogP contribution is -2.47. The molecule has 2 aliphatic heterocycles. The molecule has 154 valence electrons. The quantitative estimate of drug-likeness (QED) is 0.757. The van der Waals surface area contributed by atoms with Gasteiger partial charge in [-0.1, -0.05) is 19.2 Å². The van der Waals surface area contributed by atoms with E-state index in [1.54, 1.807) is 12.3 Å². The first-order chi connectivity index (χ1) is 14.4. The summed E-state index contributed by atoms with van der Waals surface area (Å²) in [4.78, 5) is 17.5. The SMILES string of the molecule is C=C(c1ccc(F)cc1C)C1CCCN(C2=NC(c3ccncn3)=CC(=C)N2C)C1. The van der Waals surface area contributed by atoms with Gasteiger partial charge in [-0.2, -0.15) is 0 Å². The average Bonchev–Trinajstić information content (AvgIpc) is 2.76. The molecule has 5 nitrogen and oxygen atoms in total. The third-order valence-corrected chi connectivity index (χ3v) is 5.83. The van der Waals surface area contributed by atoms with Crippen molar-refractivity contribution in [1.29, 1.82) is 0 Å². The van der Waals surface area contributed by atoms with E-state index in [2.05, 4.69) is 28.0 Å². The molecule has 4 rings (SSSR count). The number of piperidine rings is 1. The van der Waals surface area contributed by atoms with E-state index in [-0.39, 0.29) is 11.7 Å². The van der Waals surface area contributed by atoms with Gasteiger partial charge in [0.25, 0.3) is 0 Å². The molecule has 1 aromatic heterocycles. The minimum absolute atomic E-state index is 0.213. The summed E-state index contributed by atoms with van der Waals surface area (Å²) in [7, 11) is 1.98. The first-order valence-electron chi connectivity index (χ1n) is 10.1. The molecule has 30 heavy (non-hydrogen) atoms. The van der Waals surface area contributed by atoms with Gasteiger partial charge < -0.3 is 9.80 Å². The summed E-state index contributed by atoms with van der Waals surface area (Å²) < 4.78 is 13.5. The maximum absolute atomic E-state index is 13.5. The van der Waals surface area contributed by atoms with E-state index in [1.165, 1.54) is 12.4 Å². The summed E-state index contributed by atoms with van der Waals surface area (Å²) in [5.41, 5.74) is 5.44. The van der Waals surface area contributed by atoms with E-state index >= 15 is 0 Å². The van der Waals surface area contributed by atoms with E-state index in [0.29, 0.717) is 0 Å². The minimum atomic E-state index is -0.213. The predicted octanol–water partition coefficient (Wildman–Crippen LogP) is 4.51. The highest BCUT2D eigenvalue weighted by Crippen LogP contribution is 2.33. The van der Waals surface area contributed by atoms with E-state index in [0.717, 1.165) is 65.7 Å². The lowest BCUT2D eigenvalue weighted by molar-refractivity contribution is 0.275. The number of hydrogen-bond donors (Lipinski definition) is 0. The van der Waals surface area contributed by atoms with Gasteiger partial charge in [0, 0.05) is 37.9 Å². The second kappa shape index (κ2) is 8.22. The van der Waals surface area contributed by atoms with E-state index in [1.807, 2.05) is 37.1 Å². The lowest BCUT2D eigenvalue weighted by atomic mass is 9.85. The molecule has 2 aliphatic rings. The summed E-state index contributed by atoms with van der Waals surface area (Å²) in [6.07, 6.45) is 7.27. The molecule has 0 N–H and O–H groups in total. The number of hydrogen-bond acceptors (Lipinski definition) is 5. The van der Waals surface area contributed by atoms with Gasteiger partial charge in [0.2, 0.25) is 5.96 Å². The number of aryl methyl sites for hydroxylation is 1. The zero-order valence-electron chi connectivity index (χ0n) is 17.5. The molecule has 0 spiro atoms. The first-order valence-corrected chi connectivity index (χ1v) is 10.1. The number of likely N-dealkylation sites (tertiary alicyclic amines) is 1. The first kappa shape index (κ1) is 20.0. The van der Waals surface area contributed by atoms with Crippen LogP contribution in [0.5, 0.6) is 0 Å². The van der Waals surface area contributed by atoms with Crippen molar-refractivity contribution >= 4 is 17.2 Å². The van der Waals surface area contributed by atoms with Gasteiger partial charge in [0.1, 0.15) is 12.1 Å². The number of aliphatic imine (C=N–C) groups is 1. The lowest BCUT2D eigenvalue weighted by Gasteiger charge is -2.40. The standard InChI is InChI=1S/C24H26FN5/c1-16-12-20(25)7-8-21(16)18(3)19-6-5-11-30(14-19)24-28-23(13-17(2)29(24)4)22-9-10-26-15-27-22/h7-10,12-13,15,19H,2-3,5-6,11,14H2,1,4H3. The summed E-state index contributed by atoms with van der Waals surface area (Å²) in [6.45, 7) is 12.2. The van der Waals surface area contributed by atoms with Crippen molar-refractivity contribution in [2.24, 2.45) is 10.9 Å². The fourth-order valence-corrected chi connectivity index (χ4v) is 4.10. The molecule has 3 heterocycles. The molecule has 0 bridgehead atoms. The monoisotopic (exact) mass is 403 g/mol. The second-order valence-electron chi connectivity index (χ2n) is 7.86. The summed E-state index contributed by atoms with van der Waals surface area (Å²) in [5, 5.41) is 0. The molecule has 1 saturated heterocycles. The van der Waals surface area contributed by atoms with Gasteiger partial charge in [-0.25, -0.2) is 19.4 Å². The highest BCUT2D eigenvalue weighted by Gasteiger charge is 2.29. The van der Waals surface area contributed by atoms with Crippen LogP contribution in [-0.4, -0.2) is 45.9 Å². The van der Waals surface area contributed by atoms with Crippen LogP contribution >= 0.6 is 0 Å². The molecule has 2 aromatic rings. The molecule has 1 fully saturated rings. The van der Waals surface area contributed by atoms with Crippen LogP contribution in [0.25, 0.3) is 11.3 Å². The van der Waals surface area contributed by atoms with Gasteiger partial charge in [0.05, 0.1) is 11.4 Å². The van der Waals surface area contributed by atoms with Crippen molar-refractivity contribution in [3.8, 4) is 0 Å². The topological polar surface area (TPSA) is 44.6 Å². The number of rotatable bonds is 3. The summed E-state index contributed by atoms with van der Waals surface area (Å²) in [5.74, 6) is 0.931.